The van der Waals surface area contributed by atoms with E-state index in [9.17, 15) is 8.96 Å². The van der Waals surface area contributed by atoms with Crippen LogP contribution in [-0.4, -0.2) is 37.6 Å². The van der Waals surface area contributed by atoms with Gasteiger partial charge >= 0.3 is 0 Å². The van der Waals surface area contributed by atoms with Gasteiger partial charge in [-0.05, 0) is 55.0 Å². The zero-order valence-electron chi connectivity index (χ0n) is 15.3. The van der Waals surface area contributed by atoms with Crippen LogP contribution in [0.15, 0.2) is 48.5 Å². The van der Waals surface area contributed by atoms with Crippen LogP contribution >= 0.6 is 7.14 Å². The van der Waals surface area contributed by atoms with Crippen LogP contribution in [-0.2, 0) is 14.9 Å². The number of ether oxygens (including phenoxy) is 1. The summed E-state index contributed by atoms with van der Waals surface area (Å²) in [6, 6.07) is 15.0. The van der Waals surface area contributed by atoms with E-state index >= 15 is 0 Å². The maximum atomic E-state index is 13.3. The first-order chi connectivity index (χ1) is 12.4. The Morgan fingerprint density at radius 3 is 2.42 bits per heavy atom. The molecule has 0 aromatic heterocycles. The molecular weight excluding hydrogens is 348 g/mol. The minimum absolute atomic E-state index is 0.151. The van der Waals surface area contributed by atoms with Crippen LogP contribution in [0, 0.1) is 5.82 Å². The van der Waals surface area contributed by atoms with Gasteiger partial charge in [0.1, 0.15) is 11.9 Å². The van der Waals surface area contributed by atoms with Crippen molar-refractivity contribution in [3.05, 3.63) is 71.0 Å². The molecule has 2 heterocycles. The van der Waals surface area contributed by atoms with Crippen LogP contribution in [0.2, 0.25) is 0 Å². The van der Waals surface area contributed by atoms with Gasteiger partial charge in [0.05, 0.1) is 19.0 Å². The fraction of sp³-hybridized carbons (Fsp3) is 0.429. The van der Waals surface area contributed by atoms with Crippen molar-refractivity contribution in [1.29, 1.82) is 0 Å². The SMILES string of the molecule is CP(C)(=O)CN1CCC2(CC1)OC(c1ccc(F)cc1)c1ccccc12. The third kappa shape index (κ3) is 3.38. The highest BCUT2D eigenvalue weighted by Gasteiger charge is 2.47. The van der Waals surface area contributed by atoms with Crippen molar-refractivity contribution < 1.29 is 13.7 Å². The minimum Gasteiger partial charge on any atom is -0.358 e. The molecule has 4 rings (SSSR count). The number of hydrogen-bond acceptors (Lipinski definition) is 3. The topological polar surface area (TPSA) is 29.5 Å². The summed E-state index contributed by atoms with van der Waals surface area (Å²) in [7, 11) is -2.06. The Morgan fingerprint density at radius 1 is 1.12 bits per heavy atom. The molecular formula is C21H25FNO2P. The summed E-state index contributed by atoms with van der Waals surface area (Å²) >= 11 is 0. The largest absolute Gasteiger partial charge is 0.358 e. The lowest BCUT2D eigenvalue weighted by atomic mass is 9.83. The van der Waals surface area contributed by atoms with Gasteiger partial charge < -0.3 is 9.30 Å². The molecule has 2 aliphatic rings. The van der Waals surface area contributed by atoms with E-state index < -0.39 is 7.14 Å². The number of fused-ring (bicyclic) bond motifs is 2. The van der Waals surface area contributed by atoms with Gasteiger partial charge in [-0.1, -0.05) is 36.4 Å². The van der Waals surface area contributed by atoms with E-state index in [2.05, 4.69) is 23.1 Å². The van der Waals surface area contributed by atoms with Gasteiger partial charge in [0, 0.05) is 13.1 Å². The predicted octanol–water partition coefficient (Wildman–Crippen LogP) is 4.82. The maximum Gasteiger partial charge on any atom is 0.123 e. The molecule has 2 aromatic carbocycles. The van der Waals surface area contributed by atoms with E-state index in [1.165, 1.54) is 23.3 Å². The van der Waals surface area contributed by atoms with Crippen LogP contribution < -0.4 is 0 Å². The molecule has 0 aliphatic carbocycles. The van der Waals surface area contributed by atoms with E-state index in [-0.39, 0.29) is 17.5 Å². The van der Waals surface area contributed by atoms with Crippen molar-refractivity contribution in [2.75, 3.05) is 32.7 Å². The zero-order valence-corrected chi connectivity index (χ0v) is 16.2. The molecule has 1 saturated heterocycles. The van der Waals surface area contributed by atoms with Gasteiger partial charge in [0.25, 0.3) is 0 Å². The maximum absolute atomic E-state index is 13.3. The van der Waals surface area contributed by atoms with Crippen LogP contribution in [0.3, 0.4) is 0 Å². The molecule has 5 heteroatoms. The van der Waals surface area contributed by atoms with Crippen LogP contribution in [0.5, 0.6) is 0 Å². The van der Waals surface area contributed by atoms with E-state index in [1.807, 2.05) is 31.5 Å². The van der Waals surface area contributed by atoms with E-state index in [4.69, 9.17) is 4.74 Å². The first-order valence-electron chi connectivity index (χ1n) is 9.15. The molecule has 0 saturated carbocycles. The molecule has 2 aromatic rings. The number of nitrogens with zero attached hydrogens (tertiary/aromatic N) is 1. The van der Waals surface area contributed by atoms with Gasteiger partial charge in [0.15, 0.2) is 0 Å². The number of rotatable bonds is 3. The Balaban J connectivity index is 1.61. The van der Waals surface area contributed by atoms with Crippen LogP contribution in [0.1, 0.15) is 35.6 Å². The van der Waals surface area contributed by atoms with Crippen molar-refractivity contribution in [3.8, 4) is 0 Å². The average molecular weight is 373 g/mol. The Labute approximate surface area is 154 Å². The summed E-state index contributed by atoms with van der Waals surface area (Å²) in [4.78, 5) is 2.29. The number of hydrogen-bond donors (Lipinski definition) is 0. The van der Waals surface area contributed by atoms with Crippen molar-refractivity contribution in [1.82, 2.24) is 4.90 Å². The van der Waals surface area contributed by atoms with Gasteiger partial charge in [-0.15, -0.1) is 0 Å². The Morgan fingerprint density at radius 2 is 1.77 bits per heavy atom. The average Bonchev–Trinajstić information content (AvgIpc) is 2.92. The fourth-order valence-corrected chi connectivity index (χ4v) is 5.55. The molecule has 26 heavy (non-hydrogen) atoms. The summed E-state index contributed by atoms with van der Waals surface area (Å²) in [6.45, 7) is 5.47. The number of halogens is 1. The number of likely N-dealkylation sites (tertiary alicyclic amines) is 1. The van der Waals surface area contributed by atoms with Crippen LogP contribution in [0.25, 0.3) is 0 Å². The summed E-state index contributed by atoms with van der Waals surface area (Å²) in [6.07, 6.45) is 2.30. The summed E-state index contributed by atoms with van der Waals surface area (Å²) in [5.41, 5.74) is 3.14. The number of benzene rings is 2. The zero-order chi connectivity index (χ0) is 18.4. The van der Waals surface area contributed by atoms with E-state index in [0.717, 1.165) is 31.5 Å². The molecule has 0 bridgehead atoms. The molecule has 138 valence electrons. The highest BCUT2D eigenvalue weighted by atomic mass is 31.2. The molecule has 3 nitrogen and oxygen atoms in total. The first-order valence-corrected chi connectivity index (χ1v) is 11.9. The molecule has 0 amide bonds. The van der Waals surface area contributed by atoms with Gasteiger partial charge in [-0.2, -0.15) is 0 Å². The lowest BCUT2D eigenvalue weighted by Gasteiger charge is -2.40. The second-order valence-electron chi connectivity index (χ2n) is 7.96. The third-order valence-electron chi connectivity index (χ3n) is 5.45. The first kappa shape index (κ1) is 17.9. The smallest absolute Gasteiger partial charge is 0.123 e. The summed E-state index contributed by atoms with van der Waals surface area (Å²) < 4.78 is 32.1. The lowest BCUT2D eigenvalue weighted by Crippen LogP contribution is -2.42. The fourth-order valence-electron chi connectivity index (χ4n) is 4.30. The van der Waals surface area contributed by atoms with E-state index in [1.54, 1.807) is 0 Å². The molecule has 0 radical (unpaired) electrons. The highest BCUT2D eigenvalue weighted by molar-refractivity contribution is 7.62. The van der Waals surface area contributed by atoms with Crippen molar-refractivity contribution in [2.45, 2.75) is 24.5 Å². The normalized spacial score (nSPS) is 22.5. The van der Waals surface area contributed by atoms with Gasteiger partial charge in [-0.25, -0.2) is 4.39 Å². The van der Waals surface area contributed by atoms with Crippen molar-refractivity contribution in [2.24, 2.45) is 0 Å². The Bertz CT molecular complexity index is 837. The minimum atomic E-state index is -2.06. The monoisotopic (exact) mass is 373 g/mol. The number of piperidine rings is 1. The van der Waals surface area contributed by atoms with Crippen molar-refractivity contribution in [3.63, 3.8) is 0 Å². The predicted molar refractivity (Wildman–Crippen MR) is 103 cm³/mol. The third-order valence-corrected chi connectivity index (χ3v) is 6.54. The molecule has 1 atom stereocenters. The molecule has 0 N–H and O–H groups in total. The molecule has 2 aliphatic heterocycles. The summed E-state index contributed by atoms with van der Waals surface area (Å²) in [5.74, 6) is -0.230. The molecule has 1 unspecified atom stereocenters. The molecule has 1 spiro atoms. The second kappa shape index (κ2) is 6.60. The standard InChI is InChI=1S/C21H25FNO2P/c1-26(2,24)15-23-13-11-21(12-14-23)19-6-4-3-5-18(19)20(25-21)16-7-9-17(22)10-8-16/h3-10,20H,11-15H2,1-2H3. The highest BCUT2D eigenvalue weighted by Crippen LogP contribution is 2.52. The van der Waals surface area contributed by atoms with Crippen LogP contribution in [0.4, 0.5) is 4.39 Å². The van der Waals surface area contributed by atoms with Gasteiger partial charge in [-0.3, -0.25) is 4.90 Å². The summed E-state index contributed by atoms with van der Waals surface area (Å²) in [5, 5.41) is 0. The lowest BCUT2D eigenvalue weighted by molar-refractivity contribution is -0.0950. The molecule has 1 fully saturated rings. The van der Waals surface area contributed by atoms with Gasteiger partial charge in [0.2, 0.25) is 0 Å². The second-order valence-corrected chi connectivity index (χ2v) is 11.4. The Hall–Kier alpha value is -1.48. The van der Waals surface area contributed by atoms with E-state index in [0.29, 0.717) is 6.29 Å². The quantitative estimate of drug-likeness (QED) is 0.723. The Kier molecular flexibility index (Phi) is 4.54. The van der Waals surface area contributed by atoms with Crippen molar-refractivity contribution >= 4 is 7.14 Å².